The minimum absolute atomic E-state index is 0.433. The lowest BCUT2D eigenvalue weighted by Crippen LogP contribution is -2.49. The van der Waals surface area contributed by atoms with Gasteiger partial charge in [-0.05, 0) is 19.1 Å². The molecule has 0 amide bonds. The molecule has 0 saturated heterocycles. The Balaban J connectivity index is 2.00. The summed E-state index contributed by atoms with van der Waals surface area (Å²) in [5, 5.41) is 3.71. The number of nitrogens with one attached hydrogen (secondary N) is 1. The summed E-state index contributed by atoms with van der Waals surface area (Å²) in [6.45, 7) is 1.08. The zero-order valence-electron chi connectivity index (χ0n) is 9.99. The van der Waals surface area contributed by atoms with Gasteiger partial charge in [0.25, 0.3) is 0 Å². The fraction of sp³-hybridized carbons (Fsp3) is 0.750. The van der Waals surface area contributed by atoms with E-state index in [0.29, 0.717) is 10.8 Å². The quantitative estimate of drug-likeness (QED) is 0.852. The summed E-state index contributed by atoms with van der Waals surface area (Å²) >= 11 is 2.04. The minimum Gasteiger partial charge on any atom is -0.336 e. The number of rotatable bonds is 2. The molecule has 0 radical (unpaired) electrons. The summed E-state index contributed by atoms with van der Waals surface area (Å²) in [6.07, 6.45) is 9.37. The summed E-state index contributed by atoms with van der Waals surface area (Å²) in [5.41, 5.74) is 2.74. The molecule has 0 bridgehead atoms. The molecule has 1 aromatic heterocycles. The van der Waals surface area contributed by atoms with Gasteiger partial charge < -0.3 is 9.88 Å². The maximum atomic E-state index is 4.53. The van der Waals surface area contributed by atoms with Crippen molar-refractivity contribution in [2.45, 2.75) is 36.5 Å². The minimum atomic E-state index is 0.433. The van der Waals surface area contributed by atoms with Crippen molar-refractivity contribution in [1.29, 1.82) is 0 Å². The summed E-state index contributed by atoms with van der Waals surface area (Å²) in [4.78, 5) is 4.53. The smallest absolute Gasteiger partial charge is 0.0949 e. The molecule has 1 aliphatic carbocycles. The van der Waals surface area contributed by atoms with Crippen LogP contribution in [0.1, 0.15) is 36.7 Å². The highest BCUT2D eigenvalue weighted by atomic mass is 32.2. The number of aromatic nitrogens is 2. The summed E-state index contributed by atoms with van der Waals surface area (Å²) in [7, 11) is 2.12. The predicted molar refractivity (Wildman–Crippen MR) is 67.8 cm³/mol. The van der Waals surface area contributed by atoms with Crippen molar-refractivity contribution in [3.8, 4) is 0 Å². The van der Waals surface area contributed by atoms with Crippen LogP contribution in [0, 0.1) is 0 Å². The molecule has 3 rings (SSSR count). The number of hydrogen-bond donors (Lipinski definition) is 1. The molecule has 0 spiro atoms. The average molecular weight is 237 g/mol. The molecular weight excluding hydrogens is 218 g/mol. The van der Waals surface area contributed by atoms with Crippen molar-refractivity contribution in [3.63, 3.8) is 0 Å². The van der Waals surface area contributed by atoms with Gasteiger partial charge in [0, 0.05) is 24.8 Å². The fourth-order valence-corrected chi connectivity index (χ4v) is 4.18. The van der Waals surface area contributed by atoms with Crippen LogP contribution < -0.4 is 5.32 Å². The first kappa shape index (κ1) is 10.7. The van der Waals surface area contributed by atoms with Crippen molar-refractivity contribution >= 4 is 11.8 Å². The van der Waals surface area contributed by atoms with E-state index in [4.69, 9.17) is 0 Å². The van der Waals surface area contributed by atoms with Crippen LogP contribution >= 0.6 is 11.8 Å². The Hall–Kier alpha value is -0.480. The summed E-state index contributed by atoms with van der Waals surface area (Å²) in [5.74, 6) is 0. The van der Waals surface area contributed by atoms with Crippen LogP contribution in [0.15, 0.2) is 6.33 Å². The maximum absolute atomic E-state index is 4.53. The molecule has 4 heteroatoms. The molecule has 1 aromatic rings. The monoisotopic (exact) mass is 237 g/mol. The van der Waals surface area contributed by atoms with Crippen LogP contribution in [-0.2, 0) is 13.5 Å². The van der Waals surface area contributed by atoms with Crippen molar-refractivity contribution in [2.75, 3.05) is 12.8 Å². The molecule has 1 atom stereocenters. The fourth-order valence-electron chi connectivity index (χ4n) is 3.05. The Labute approximate surface area is 101 Å². The number of aryl methyl sites for hydroxylation is 1. The number of thioether (sulfide) groups is 1. The van der Waals surface area contributed by atoms with Crippen LogP contribution in [0.3, 0.4) is 0 Å². The second-order valence-corrected chi connectivity index (χ2v) is 6.17. The highest BCUT2D eigenvalue weighted by Crippen LogP contribution is 2.52. The number of fused-ring (bicyclic) bond motifs is 1. The summed E-state index contributed by atoms with van der Waals surface area (Å²) < 4.78 is 2.64. The molecule has 1 aliphatic heterocycles. The molecule has 1 saturated carbocycles. The van der Waals surface area contributed by atoms with Crippen LogP contribution in [0.4, 0.5) is 0 Å². The zero-order chi connectivity index (χ0) is 11.2. The van der Waals surface area contributed by atoms with Gasteiger partial charge in [0.2, 0.25) is 0 Å². The number of nitrogens with zero attached hydrogens (tertiary/aromatic N) is 2. The zero-order valence-corrected chi connectivity index (χ0v) is 10.8. The van der Waals surface area contributed by atoms with Gasteiger partial charge in [-0.2, -0.15) is 11.8 Å². The van der Waals surface area contributed by atoms with Gasteiger partial charge in [-0.25, -0.2) is 4.98 Å². The van der Waals surface area contributed by atoms with E-state index < -0.39 is 0 Å². The van der Waals surface area contributed by atoms with Crippen molar-refractivity contribution in [1.82, 2.24) is 14.9 Å². The lowest BCUT2D eigenvalue weighted by Gasteiger charge is -2.48. The lowest BCUT2D eigenvalue weighted by molar-refractivity contribution is 0.258. The van der Waals surface area contributed by atoms with Crippen molar-refractivity contribution in [2.24, 2.45) is 7.05 Å². The third-order valence-electron chi connectivity index (χ3n) is 4.18. The Kier molecular flexibility index (Phi) is 2.51. The van der Waals surface area contributed by atoms with Crippen LogP contribution in [0.25, 0.3) is 0 Å². The molecule has 2 heterocycles. The van der Waals surface area contributed by atoms with Crippen molar-refractivity contribution in [3.05, 3.63) is 17.7 Å². The highest BCUT2D eigenvalue weighted by molar-refractivity contribution is 8.00. The van der Waals surface area contributed by atoms with Crippen LogP contribution in [-0.4, -0.2) is 27.1 Å². The standard InChI is InChI=1S/C12H19N3S/c1-15-8-14-9-4-7-13-11(10(9)15)12(16-2)5-3-6-12/h8,11,13H,3-7H2,1-2H3. The highest BCUT2D eigenvalue weighted by Gasteiger charge is 2.46. The van der Waals surface area contributed by atoms with Gasteiger partial charge >= 0.3 is 0 Å². The van der Waals surface area contributed by atoms with E-state index >= 15 is 0 Å². The second kappa shape index (κ2) is 3.77. The predicted octanol–water partition coefficient (Wildman–Crippen LogP) is 1.89. The lowest BCUT2D eigenvalue weighted by atomic mass is 9.76. The van der Waals surface area contributed by atoms with Gasteiger partial charge in [0.15, 0.2) is 0 Å². The molecule has 1 unspecified atom stereocenters. The molecule has 88 valence electrons. The summed E-state index contributed by atoms with van der Waals surface area (Å²) in [6, 6.07) is 0.507. The Bertz CT molecular complexity index is 389. The van der Waals surface area contributed by atoms with Gasteiger partial charge in [-0.3, -0.25) is 0 Å². The third kappa shape index (κ3) is 1.36. The molecule has 1 fully saturated rings. The first-order valence-corrected chi connectivity index (χ1v) is 7.28. The third-order valence-corrected chi connectivity index (χ3v) is 5.64. The SMILES string of the molecule is CSC1(C2NCCc3ncn(C)c32)CCC1. The normalized spacial score (nSPS) is 27.2. The van der Waals surface area contributed by atoms with Crippen LogP contribution in [0.2, 0.25) is 0 Å². The van der Waals surface area contributed by atoms with E-state index in [9.17, 15) is 0 Å². The topological polar surface area (TPSA) is 29.9 Å². The van der Waals surface area contributed by atoms with E-state index in [0.717, 1.165) is 13.0 Å². The Morgan fingerprint density at radius 2 is 2.38 bits per heavy atom. The number of imidazole rings is 1. The van der Waals surface area contributed by atoms with Gasteiger partial charge in [-0.1, -0.05) is 6.42 Å². The molecular formula is C12H19N3S. The van der Waals surface area contributed by atoms with Crippen LogP contribution in [0.5, 0.6) is 0 Å². The number of hydrogen-bond acceptors (Lipinski definition) is 3. The van der Waals surface area contributed by atoms with E-state index in [1.165, 1.54) is 30.7 Å². The first-order chi connectivity index (χ1) is 7.77. The Morgan fingerprint density at radius 3 is 3.00 bits per heavy atom. The molecule has 3 nitrogen and oxygen atoms in total. The van der Waals surface area contributed by atoms with E-state index in [1.807, 2.05) is 18.1 Å². The van der Waals surface area contributed by atoms with Crippen molar-refractivity contribution < 1.29 is 0 Å². The maximum Gasteiger partial charge on any atom is 0.0949 e. The van der Waals surface area contributed by atoms with Gasteiger partial charge in [0.05, 0.1) is 23.8 Å². The largest absolute Gasteiger partial charge is 0.336 e. The van der Waals surface area contributed by atoms with Gasteiger partial charge in [0.1, 0.15) is 0 Å². The van der Waals surface area contributed by atoms with E-state index in [2.05, 4.69) is 28.2 Å². The molecule has 16 heavy (non-hydrogen) atoms. The molecule has 1 N–H and O–H groups in total. The molecule has 0 aromatic carbocycles. The molecule has 2 aliphatic rings. The van der Waals surface area contributed by atoms with E-state index in [-0.39, 0.29) is 0 Å². The van der Waals surface area contributed by atoms with Gasteiger partial charge in [-0.15, -0.1) is 0 Å². The van der Waals surface area contributed by atoms with E-state index in [1.54, 1.807) is 0 Å². The average Bonchev–Trinajstić information content (AvgIpc) is 2.61. The first-order valence-electron chi connectivity index (χ1n) is 6.05. The second-order valence-electron chi connectivity index (χ2n) is 4.95. The Morgan fingerprint density at radius 1 is 1.56 bits per heavy atom.